The molecule has 6 N–H and O–H groups in total. The minimum Gasteiger partial charge on any atom is -0.397 e. The second-order valence-electron chi connectivity index (χ2n) is 4.67. The van der Waals surface area contributed by atoms with Crippen molar-refractivity contribution in [3.8, 4) is 0 Å². The number of amides is 1. The van der Waals surface area contributed by atoms with Crippen LogP contribution in [0.1, 0.15) is 24.2 Å². The first-order valence-electron chi connectivity index (χ1n) is 6.14. The Hall–Kier alpha value is -1.79. The van der Waals surface area contributed by atoms with Crippen molar-refractivity contribution < 1.29 is 15.0 Å². The van der Waals surface area contributed by atoms with Gasteiger partial charge in [0.1, 0.15) is 5.60 Å². The lowest BCUT2D eigenvalue weighted by molar-refractivity contribution is 0.0132. The Bertz CT molecular complexity index is 447. The van der Waals surface area contributed by atoms with Crippen LogP contribution in [0.2, 0.25) is 0 Å². The predicted octanol–water partition coefficient (Wildman–Crippen LogP) is 0.174. The van der Waals surface area contributed by atoms with E-state index in [1.807, 2.05) is 6.92 Å². The number of carbonyl (C=O) groups is 1. The van der Waals surface area contributed by atoms with Crippen molar-refractivity contribution in [1.29, 1.82) is 0 Å². The molecule has 0 aliphatic carbocycles. The van der Waals surface area contributed by atoms with Crippen molar-refractivity contribution >= 4 is 17.3 Å². The molecule has 0 spiro atoms. The van der Waals surface area contributed by atoms with Crippen LogP contribution >= 0.6 is 0 Å². The number of hydrogen-bond donors (Lipinski definition) is 5. The summed E-state index contributed by atoms with van der Waals surface area (Å²) >= 11 is 0. The molecule has 0 bridgehead atoms. The van der Waals surface area contributed by atoms with Crippen LogP contribution in [0.3, 0.4) is 0 Å². The van der Waals surface area contributed by atoms with Crippen molar-refractivity contribution in [3.63, 3.8) is 0 Å². The van der Waals surface area contributed by atoms with Crippen LogP contribution in [0.4, 0.5) is 11.4 Å². The molecule has 19 heavy (non-hydrogen) atoms. The average Bonchev–Trinajstić information content (AvgIpc) is 2.37. The van der Waals surface area contributed by atoms with Gasteiger partial charge in [0.15, 0.2) is 0 Å². The Morgan fingerprint density at radius 2 is 2.16 bits per heavy atom. The molecule has 0 aliphatic heterocycles. The minimum absolute atomic E-state index is 0.161. The van der Waals surface area contributed by atoms with E-state index in [4.69, 9.17) is 10.8 Å². The number of rotatable bonds is 6. The van der Waals surface area contributed by atoms with Gasteiger partial charge in [-0.25, -0.2) is 0 Å². The molecule has 6 heteroatoms. The second-order valence-corrected chi connectivity index (χ2v) is 4.67. The van der Waals surface area contributed by atoms with Crippen LogP contribution in [0.15, 0.2) is 18.2 Å². The molecule has 1 amide bonds. The summed E-state index contributed by atoms with van der Waals surface area (Å²) in [5, 5.41) is 24.2. The van der Waals surface area contributed by atoms with Gasteiger partial charge in [0.25, 0.3) is 5.91 Å². The predicted molar refractivity (Wildman–Crippen MR) is 75.1 cm³/mol. The van der Waals surface area contributed by atoms with Crippen molar-refractivity contribution in [2.24, 2.45) is 0 Å². The Morgan fingerprint density at radius 1 is 1.47 bits per heavy atom. The van der Waals surface area contributed by atoms with Gasteiger partial charge in [-0.15, -0.1) is 0 Å². The second kappa shape index (κ2) is 6.40. The molecule has 0 fully saturated rings. The van der Waals surface area contributed by atoms with Gasteiger partial charge in [0.05, 0.1) is 18.0 Å². The highest BCUT2D eigenvalue weighted by molar-refractivity contribution is 5.96. The van der Waals surface area contributed by atoms with Gasteiger partial charge in [-0.3, -0.25) is 4.79 Å². The number of hydrogen-bond acceptors (Lipinski definition) is 5. The van der Waals surface area contributed by atoms with Crippen LogP contribution < -0.4 is 16.4 Å². The molecular formula is C13H21N3O3. The maximum absolute atomic E-state index is 11.6. The third-order valence-corrected chi connectivity index (χ3v) is 2.65. The van der Waals surface area contributed by atoms with Crippen LogP contribution in [-0.4, -0.2) is 41.4 Å². The van der Waals surface area contributed by atoms with Gasteiger partial charge >= 0.3 is 0 Å². The zero-order valence-electron chi connectivity index (χ0n) is 11.2. The quantitative estimate of drug-likeness (QED) is 0.472. The Morgan fingerprint density at radius 3 is 2.68 bits per heavy atom. The number of benzene rings is 1. The van der Waals surface area contributed by atoms with E-state index in [1.165, 1.54) is 6.92 Å². The highest BCUT2D eigenvalue weighted by Crippen LogP contribution is 2.20. The fourth-order valence-corrected chi connectivity index (χ4v) is 1.47. The van der Waals surface area contributed by atoms with E-state index in [-0.39, 0.29) is 19.1 Å². The lowest BCUT2D eigenvalue weighted by atomic mass is 10.1. The molecule has 6 nitrogen and oxygen atoms in total. The first kappa shape index (κ1) is 15.3. The number of aliphatic hydroxyl groups is 2. The van der Waals surface area contributed by atoms with Gasteiger partial charge in [-0.2, -0.15) is 0 Å². The van der Waals surface area contributed by atoms with Gasteiger partial charge < -0.3 is 26.6 Å². The SMILES string of the molecule is CCNC(=O)c1ccc(NCC(C)(O)CO)c(N)c1. The van der Waals surface area contributed by atoms with E-state index >= 15 is 0 Å². The van der Waals surface area contributed by atoms with E-state index in [0.717, 1.165) is 0 Å². The Kier molecular flexibility index (Phi) is 5.14. The zero-order chi connectivity index (χ0) is 14.5. The summed E-state index contributed by atoms with van der Waals surface area (Å²) < 4.78 is 0. The van der Waals surface area contributed by atoms with Crippen LogP contribution in [-0.2, 0) is 0 Å². The maximum Gasteiger partial charge on any atom is 0.251 e. The number of aliphatic hydroxyl groups excluding tert-OH is 1. The number of nitrogen functional groups attached to an aromatic ring is 1. The Balaban J connectivity index is 2.75. The van der Waals surface area contributed by atoms with Crippen molar-refractivity contribution in [2.75, 3.05) is 30.7 Å². The maximum atomic E-state index is 11.6. The molecule has 1 aromatic rings. The normalized spacial score (nSPS) is 13.7. The zero-order valence-corrected chi connectivity index (χ0v) is 11.2. The van der Waals surface area contributed by atoms with E-state index in [2.05, 4.69) is 10.6 Å². The molecule has 0 radical (unpaired) electrons. The first-order chi connectivity index (χ1) is 8.89. The molecular weight excluding hydrogens is 246 g/mol. The van der Waals surface area contributed by atoms with Crippen molar-refractivity contribution in [1.82, 2.24) is 5.32 Å². The molecule has 0 saturated carbocycles. The highest BCUT2D eigenvalue weighted by atomic mass is 16.3. The molecule has 0 aliphatic rings. The number of nitrogens with two attached hydrogens (primary N) is 1. The largest absolute Gasteiger partial charge is 0.397 e. The van der Waals surface area contributed by atoms with Gasteiger partial charge in [-0.1, -0.05) is 0 Å². The number of carbonyl (C=O) groups excluding carboxylic acids is 1. The van der Waals surface area contributed by atoms with Crippen LogP contribution in [0.25, 0.3) is 0 Å². The summed E-state index contributed by atoms with van der Waals surface area (Å²) in [5.74, 6) is -0.178. The lowest BCUT2D eigenvalue weighted by Gasteiger charge is -2.22. The number of anilines is 2. The van der Waals surface area contributed by atoms with E-state index in [1.54, 1.807) is 18.2 Å². The highest BCUT2D eigenvalue weighted by Gasteiger charge is 2.18. The topological polar surface area (TPSA) is 108 Å². The monoisotopic (exact) mass is 267 g/mol. The summed E-state index contributed by atoms with van der Waals surface area (Å²) in [6.07, 6.45) is 0. The smallest absolute Gasteiger partial charge is 0.251 e. The summed E-state index contributed by atoms with van der Waals surface area (Å²) in [5.41, 5.74) is 6.13. The fourth-order valence-electron chi connectivity index (χ4n) is 1.47. The standard InChI is InChI=1S/C13H21N3O3/c1-3-15-12(18)9-4-5-11(10(14)6-9)16-7-13(2,19)8-17/h4-6,16-17,19H,3,7-8,14H2,1-2H3,(H,15,18). The molecule has 0 saturated heterocycles. The van der Waals surface area contributed by atoms with E-state index < -0.39 is 5.60 Å². The molecule has 106 valence electrons. The van der Waals surface area contributed by atoms with Crippen molar-refractivity contribution in [3.05, 3.63) is 23.8 Å². The van der Waals surface area contributed by atoms with Crippen LogP contribution in [0, 0.1) is 0 Å². The van der Waals surface area contributed by atoms with Gasteiger partial charge in [0, 0.05) is 18.7 Å². The van der Waals surface area contributed by atoms with Gasteiger partial charge in [-0.05, 0) is 32.0 Å². The summed E-state index contributed by atoms with van der Waals surface area (Å²) in [4.78, 5) is 11.6. The summed E-state index contributed by atoms with van der Waals surface area (Å²) in [6, 6.07) is 4.89. The Labute approximate surface area is 112 Å². The molecule has 1 unspecified atom stereocenters. The third kappa shape index (κ3) is 4.42. The third-order valence-electron chi connectivity index (χ3n) is 2.65. The van der Waals surface area contributed by atoms with E-state index in [0.29, 0.717) is 23.5 Å². The molecule has 0 aromatic heterocycles. The lowest BCUT2D eigenvalue weighted by Crippen LogP contribution is -2.37. The summed E-state index contributed by atoms with van der Waals surface area (Å²) in [6.45, 7) is 3.72. The first-order valence-corrected chi connectivity index (χ1v) is 6.14. The molecule has 0 heterocycles. The van der Waals surface area contributed by atoms with E-state index in [9.17, 15) is 9.90 Å². The van der Waals surface area contributed by atoms with Crippen LogP contribution in [0.5, 0.6) is 0 Å². The minimum atomic E-state index is -1.22. The summed E-state index contributed by atoms with van der Waals surface area (Å²) in [7, 11) is 0. The fraction of sp³-hybridized carbons (Fsp3) is 0.462. The molecule has 1 aromatic carbocycles. The average molecular weight is 267 g/mol. The van der Waals surface area contributed by atoms with Crippen molar-refractivity contribution in [2.45, 2.75) is 19.4 Å². The van der Waals surface area contributed by atoms with Gasteiger partial charge in [0.2, 0.25) is 0 Å². The molecule has 1 atom stereocenters. The number of nitrogens with one attached hydrogen (secondary N) is 2. The molecule has 1 rings (SSSR count).